The van der Waals surface area contributed by atoms with Crippen LogP contribution < -0.4 is 22.1 Å². The van der Waals surface area contributed by atoms with Gasteiger partial charge in [0.15, 0.2) is 0 Å². The topological polar surface area (TPSA) is 110 Å². The van der Waals surface area contributed by atoms with Crippen LogP contribution in [0.15, 0.2) is 36.4 Å². The van der Waals surface area contributed by atoms with E-state index in [-0.39, 0.29) is 11.8 Å². The predicted octanol–water partition coefficient (Wildman–Crippen LogP) is 5.21. The Hall–Kier alpha value is -3.80. The largest absolute Gasteiger partial charge is 0.398 e. The lowest BCUT2D eigenvalue weighted by molar-refractivity contribution is 0.101. The Balaban J connectivity index is 1.96. The third kappa shape index (κ3) is 4.59. The zero-order chi connectivity index (χ0) is 23.7. The van der Waals surface area contributed by atoms with Crippen molar-refractivity contribution >= 4 is 34.6 Å². The number of hydrogen-bond donors (Lipinski definition) is 4. The van der Waals surface area contributed by atoms with Crippen LogP contribution in [0.4, 0.5) is 22.7 Å². The highest BCUT2D eigenvalue weighted by molar-refractivity contribution is 6.13. The van der Waals surface area contributed by atoms with Gasteiger partial charge < -0.3 is 22.1 Å². The number of carbonyl (C=O) groups excluding carboxylic acids is 2. The van der Waals surface area contributed by atoms with Crippen molar-refractivity contribution in [1.29, 1.82) is 0 Å². The molecule has 0 spiro atoms. The zero-order valence-corrected chi connectivity index (χ0v) is 19.4. The van der Waals surface area contributed by atoms with E-state index in [1.165, 1.54) is 0 Å². The van der Waals surface area contributed by atoms with Gasteiger partial charge in [0.2, 0.25) is 0 Å². The van der Waals surface area contributed by atoms with Gasteiger partial charge in [-0.1, -0.05) is 0 Å². The number of rotatable bonds is 4. The quantitative estimate of drug-likeness (QED) is 0.426. The second-order valence-electron chi connectivity index (χ2n) is 8.44. The minimum atomic E-state index is -0.338. The molecule has 0 atom stereocenters. The summed E-state index contributed by atoms with van der Waals surface area (Å²) < 4.78 is 0. The van der Waals surface area contributed by atoms with Gasteiger partial charge in [0.1, 0.15) is 0 Å². The van der Waals surface area contributed by atoms with E-state index in [1.54, 1.807) is 24.3 Å². The molecule has 0 unspecified atom stereocenters. The number of anilines is 4. The van der Waals surface area contributed by atoms with Crippen molar-refractivity contribution in [2.24, 2.45) is 0 Å². The first-order valence-electron chi connectivity index (χ1n) is 10.4. The van der Waals surface area contributed by atoms with Crippen molar-refractivity contribution in [1.82, 2.24) is 0 Å². The average Bonchev–Trinajstić information content (AvgIpc) is 2.71. The molecular weight excluding hydrogens is 400 g/mol. The fourth-order valence-corrected chi connectivity index (χ4v) is 3.47. The summed E-state index contributed by atoms with van der Waals surface area (Å²) in [7, 11) is 0. The summed E-state index contributed by atoms with van der Waals surface area (Å²) in [6.45, 7) is 11.7. The lowest BCUT2D eigenvalue weighted by atomic mass is 10.0. The molecule has 32 heavy (non-hydrogen) atoms. The summed E-state index contributed by atoms with van der Waals surface area (Å²) in [6, 6.07) is 10.8. The van der Waals surface area contributed by atoms with Gasteiger partial charge in [0, 0.05) is 11.4 Å². The van der Waals surface area contributed by atoms with Crippen LogP contribution in [-0.2, 0) is 0 Å². The van der Waals surface area contributed by atoms with Crippen LogP contribution in [-0.4, -0.2) is 11.8 Å². The molecule has 0 aliphatic carbocycles. The van der Waals surface area contributed by atoms with Crippen LogP contribution in [0.2, 0.25) is 0 Å². The molecule has 0 saturated heterocycles. The maximum atomic E-state index is 13.0. The molecule has 166 valence electrons. The van der Waals surface area contributed by atoms with Crippen molar-refractivity contribution in [3.8, 4) is 0 Å². The zero-order valence-electron chi connectivity index (χ0n) is 19.4. The molecular formula is C26H30N4O2. The molecule has 3 rings (SSSR count). The predicted molar refractivity (Wildman–Crippen MR) is 132 cm³/mol. The van der Waals surface area contributed by atoms with Crippen LogP contribution in [0.5, 0.6) is 0 Å². The van der Waals surface area contributed by atoms with Gasteiger partial charge in [0.25, 0.3) is 11.8 Å². The van der Waals surface area contributed by atoms with E-state index in [0.29, 0.717) is 33.9 Å². The van der Waals surface area contributed by atoms with Crippen LogP contribution in [0.25, 0.3) is 0 Å². The Morgan fingerprint density at radius 3 is 1.16 bits per heavy atom. The van der Waals surface area contributed by atoms with E-state index in [2.05, 4.69) is 10.6 Å². The molecule has 0 aromatic heterocycles. The maximum Gasteiger partial charge on any atom is 0.257 e. The first-order valence-corrected chi connectivity index (χ1v) is 10.4. The van der Waals surface area contributed by atoms with Gasteiger partial charge >= 0.3 is 0 Å². The fourth-order valence-electron chi connectivity index (χ4n) is 3.47. The minimum absolute atomic E-state index is 0.338. The Kier molecular flexibility index (Phi) is 6.25. The van der Waals surface area contributed by atoms with E-state index >= 15 is 0 Å². The molecule has 3 aromatic rings. The first kappa shape index (κ1) is 22.9. The molecule has 0 bridgehead atoms. The Labute approximate surface area is 189 Å². The van der Waals surface area contributed by atoms with Crippen LogP contribution in [0.1, 0.15) is 54.1 Å². The summed E-state index contributed by atoms with van der Waals surface area (Å²) in [5.74, 6) is -0.676. The number of aryl methyl sites for hydroxylation is 6. The van der Waals surface area contributed by atoms with Crippen molar-refractivity contribution in [3.63, 3.8) is 0 Å². The lowest BCUT2D eigenvalue weighted by Crippen LogP contribution is -2.19. The first-order chi connectivity index (χ1) is 15.0. The van der Waals surface area contributed by atoms with Crippen LogP contribution in [0, 0.1) is 41.5 Å². The van der Waals surface area contributed by atoms with Gasteiger partial charge in [-0.15, -0.1) is 0 Å². The number of benzene rings is 3. The molecule has 0 aliphatic rings. The molecule has 0 saturated carbocycles. The monoisotopic (exact) mass is 430 g/mol. The van der Waals surface area contributed by atoms with Gasteiger partial charge in [-0.3, -0.25) is 9.59 Å². The Bertz CT molecular complexity index is 1150. The number of carbonyl (C=O) groups is 2. The molecule has 3 aromatic carbocycles. The molecule has 6 nitrogen and oxygen atoms in total. The third-order valence-electron chi connectivity index (χ3n) is 5.95. The number of nitrogens with two attached hydrogens (primary N) is 2. The highest BCUT2D eigenvalue weighted by Crippen LogP contribution is 2.29. The Morgan fingerprint density at radius 2 is 0.812 bits per heavy atom. The van der Waals surface area contributed by atoms with E-state index in [0.717, 1.165) is 33.4 Å². The molecule has 0 heterocycles. The van der Waals surface area contributed by atoms with E-state index in [9.17, 15) is 9.59 Å². The second kappa shape index (κ2) is 8.75. The SMILES string of the molecule is Cc1cc(N)c(C(=O)Nc2cc(C)c(C)cc2NC(=O)c2cc(C)c(C)cc2N)cc1C. The summed E-state index contributed by atoms with van der Waals surface area (Å²) in [4.78, 5) is 26.0. The summed E-state index contributed by atoms with van der Waals surface area (Å²) in [6.07, 6.45) is 0. The van der Waals surface area contributed by atoms with Crippen molar-refractivity contribution in [3.05, 3.63) is 80.9 Å². The third-order valence-corrected chi connectivity index (χ3v) is 5.95. The van der Waals surface area contributed by atoms with E-state index in [1.807, 2.05) is 53.7 Å². The van der Waals surface area contributed by atoms with Gasteiger partial charge in [-0.2, -0.15) is 0 Å². The van der Waals surface area contributed by atoms with E-state index < -0.39 is 0 Å². The lowest BCUT2D eigenvalue weighted by Gasteiger charge is -2.17. The van der Waals surface area contributed by atoms with Gasteiger partial charge in [-0.25, -0.2) is 0 Å². The maximum absolute atomic E-state index is 13.0. The second-order valence-corrected chi connectivity index (χ2v) is 8.44. The molecule has 0 fully saturated rings. The average molecular weight is 431 g/mol. The smallest absolute Gasteiger partial charge is 0.257 e. The summed E-state index contributed by atoms with van der Waals surface area (Å²) >= 11 is 0. The normalized spacial score (nSPS) is 10.7. The van der Waals surface area contributed by atoms with Gasteiger partial charge in [0.05, 0.1) is 22.5 Å². The van der Waals surface area contributed by atoms with Gasteiger partial charge in [-0.05, 0) is 111 Å². The van der Waals surface area contributed by atoms with Crippen molar-refractivity contribution in [2.45, 2.75) is 41.5 Å². The fraction of sp³-hybridized carbons (Fsp3) is 0.231. The summed E-state index contributed by atoms with van der Waals surface area (Å²) in [5.41, 5.74) is 20.7. The summed E-state index contributed by atoms with van der Waals surface area (Å²) in [5, 5.41) is 5.82. The highest BCUT2D eigenvalue weighted by Gasteiger charge is 2.18. The van der Waals surface area contributed by atoms with Crippen molar-refractivity contribution < 1.29 is 9.59 Å². The standard InChI is InChI=1S/C26H30N4O2/c1-13-7-19(21(27)9-15(13)3)25(31)29-23-11-17(5)18(6)12-24(23)30-26(32)20-8-14(2)16(4)10-22(20)28/h7-12H,27-28H2,1-6H3,(H,29,31)(H,30,32). The van der Waals surface area contributed by atoms with Crippen molar-refractivity contribution in [2.75, 3.05) is 22.1 Å². The molecule has 6 heteroatoms. The molecule has 2 amide bonds. The van der Waals surface area contributed by atoms with Crippen LogP contribution in [0.3, 0.4) is 0 Å². The minimum Gasteiger partial charge on any atom is -0.398 e. The Morgan fingerprint density at radius 1 is 0.531 bits per heavy atom. The number of amides is 2. The number of nitrogens with one attached hydrogen (secondary N) is 2. The van der Waals surface area contributed by atoms with Crippen LogP contribution >= 0.6 is 0 Å². The number of hydrogen-bond acceptors (Lipinski definition) is 4. The highest BCUT2D eigenvalue weighted by atomic mass is 16.2. The van der Waals surface area contributed by atoms with E-state index in [4.69, 9.17) is 11.5 Å². The number of nitrogen functional groups attached to an aromatic ring is 2. The molecule has 6 N–H and O–H groups in total. The molecule has 0 radical (unpaired) electrons. The molecule has 0 aliphatic heterocycles.